The Kier molecular flexibility index (Phi) is 8.79. The maximum atomic E-state index is 14.0. The molecule has 5 nitrogen and oxygen atoms in total. The highest BCUT2D eigenvalue weighted by molar-refractivity contribution is 7.14. The summed E-state index contributed by atoms with van der Waals surface area (Å²) in [7, 11) is 0. The zero-order valence-corrected chi connectivity index (χ0v) is 23.5. The molecule has 0 bridgehead atoms. The van der Waals surface area contributed by atoms with Gasteiger partial charge in [0.15, 0.2) is 0 Å². The monoisotopic (exact) mass is 523 g/mol. The van der Waals surface area contributed by atoms with E-state index in [1.807, 2.05) is 35.4 Å². The third-order valence-electron chi connectivity index (χ3n) is 7.81. The van der Waals surface area contributed by atoms with Gasteiger partial charge in [-0.25, -0.2) is 4.79 Å². The maximum absolute atomic E-state index is 14.0. The van der Waals surface area contributed by atoms with Crippen molar-refractivity contribution in [3.8, 4) is 0 Å². The van der Waals surface area contributed by atoms with Gasteiger partial charge < -0.3 is 14.7 Å². The molecule has 0 saturated heterocycles. The summed E-state index contributed by atoms with van der Waals surface area (Å²) in [6.45, 7) is 9.08. The molecular weight excluding hydrogens is 482 g/mol. The van der Waals surface area contributed by atoms with E-state index in [2.05, 4.69) is 39.8 Å². The lowest BCUT2D eigenvalue weighted by molar-refractivity contribution is -0.124. The lowest BCUT2D eigenvalue weighted by Gasteiger charge is -2.38. The molecule has 2 fully saturated rings. The minimum Gasteiger partial charge on any atom is -0.497 e. The fraction of sp³-hybridized carbons (Fsp3) is 0.548. The summed E-state index contributed by atoms with van der Waals surface area (Å²) in [6, 6.07) is 12.1. The smallest absolute Gasteiger partial charge is 0.348 e. The SMILES string of the molecule is CC(C)(C)c1cc(N(C(=O)[C@H]2CC[C@H](C)CC2)C2CCC(=COCc3ccccc3)CC2)c(C(=O)O)s1. The van der Waals surface area contributed by atoms with E-state index in [-0.39, 0.29) is 28.2 Å². The fourth-order valence-electron chi connectivity index (χ4n) is 5.46. The first-order valence-electron chi connectivity index (χ1n) is 13.7. The number of hydrogen-bond acceptors (Lipinski definition) is 4. The second-order valence-corrected chi connectivity index (χ2v) is 12.9. The lowest BCUT2D eigenvalue weighted by Crippen LogP contribution is -2.46. The van der Waals surface area contributed by atoms with Crippen LogP contribution in [-0.4, -0.2) is 23.0 Å². The molecule has 0 atom stereocenters. The number of carbonyl (C=O) groups excluding carboxylic acids is 1. The molecule has 0 radical (unpaired) electrons. The minimum atomic E-state index is -0.948. The largest absolute Gasteiger partial charge is 0.497 e. The van der Waals surface area contributed by atoms with E-state index in [0.29, 0.717) is 18.2 Å². The van der Waals surface area contributed by atoms with Crippen LogP contribution in [0.25, 0.3) is 0 Å². The van der Waals surface area contributed by atoms with E-state index in [4.69, 9.17) is 4.74 Å². The van der Waals surface area contributed by atoms with E-state index in [9.17, 15) is 14.7 Å². The molecule has 1 aromatic heterocycles. The van der Waals surface area contributed by atoms with Gasteiger partial charge in [0.2, 0.25) is 5.91 Å². The van der Waals surface area contributed by atoms with Crippen molar-refractivity contribution in [2.24, 2.45) is 11.8 Å². The minimum absolute atomic E-state index is 0.00126. The summed E-state index contributed by atoms with van der Waals surface area (Å²) >= 11 is 1.32. The summed E-state index contributed by atoms with van der Waals surface area (Å²) in [6.07, 6.45) is 9.12. The standard InChI is InChI=1S/C31H41NO4S/c1-21-10-14-24(15-11-21)29(33)32(26-18-27(31(2,3)4)37-28(26)30(34)35)25-16-12-23(13-17-25)20-36-19-22-8-6-5-7-9-22/h5-9,18,20-21,24-25H,10-17,19H2,1-4H3,(H,34,35)/t21-,24-,25?. The van der Waals surface area contributed by atoms with Crippen LogP contribution in [0, 0.1) is 11.8 Å². The van der Waals surface area contributed by atoms with Gasteiger partial charge in [0, 0.05) is 16.8 Å². The molecule has 2 aliphatic carbocycles. The topological polar surface area (TPSA) is 66.8 Å². The lowest BCUT2D eigenvalue weighted by atomic mass is 9.81. The Balaban J connectivity index is 1.55. The van der Waals surface area contributed by atoms with Gasteiger partial charge in [0.05, 0.1) is 11.9 Å². The highest BCUT2D eigenvalue weighted by atomic mass is 32.1. The van der Waals surface area contributed by atoms with Crippen molar-refractivity contribution in [2.45, 2.75) is 97.1 Å². The van der Waals surface area contributed by atoms with Crippen molar-refractivity contribution >= 4 is 28.9 Å². The van der Waals surface area contributed by atoms with E-state index in [1.165, 1.54) is 16.9 Å². The Morgan fingerprint density at radius 2 is 1.70 bits per heavy atom. The van der Waals surface area contributed by atoms with Crippen LogP contribution in [0.1, 0.15) is 99.2 Å². The van der Waals surface area contributed by atoms with E-state index >= 15 is 0 Å². The number of allylic oxidation sites excluding steroid dienone is 1. The predicted octanol–water partition coefficient (Wildman–Crippen LogP) is 7.95. The molecule has 2 aliphatic rings. The van der Waals surface area contributed by atoms with Crippen molar-refractivity contribution < 1.29 is 19.4 Å². The molecule has 0 spiro atoms. The van der Waals surface area contributed by atoms with Crippen LogP contribution < -0.4 is 4.90 Å². The van der Waals surface area contributed by atoms with Crippen molar-refractivity contribution in [1.29, 1.82) is 0 Å². The zero-order valence-electron chi connectivity index (χ0n) is 22.7. The van der Waals surface area contributed by atoms with Crippen LogP contribution in [0.5, 0.6) is 0 Å². The van der Waals surface area contributed by atoms with Gasteiger partial charge in [-0.3, -0.25) is 4.79 Å². The normalized spacial score (nSPS) is 22.4. The number of carboxylic acids is 1. The van der Waals surface area contributed by atoms with E-state index < -0.39 is 5.97 Å². The molecule has 37 heavy (non-hydrogen) atoms. The third kappa shape index (κ3) is 6.84. The summed E-state index contributed by atoms with van der Waals surface area (Å²) in [5, 5.41) is 10.1. The molecular formula is C31H41NO4S. The van der Waals surface area contributed by atoms with Crippen LogP contribution in [-0.2, 0) is 21.6 Å². The van der Waals surface area contributed by atoms with Gasteiger partial charge in [-0.15, -0.1) is 11.3 Å². The first-order chi connectivity index (χ1) is 17.6. The summed E-state index contributed by atoms with van der Waals surface area (Å²) in [5.74, 6) is -0.206. The van der Waals surface area contributed by atoms with Gasteiger partial charge in [0.25, 0.3) is 0 Å². The number of carboxylic acid groups (broad SMARTS) is 1. The van der Waals surface area contributed by atoms with Gasteiger partial charge in [-0.2, -0.15) is 0 Å². The van der Waals surface area contributed by atoms with Crippen LogP contribution >= 0.6 is 11.3 Å². The van der Waals surface area contributed by atoms with Crippen molar-refractivity contribution in [2.75, 3.05) is 4.90 Å². The molecule has 2 saturated carbocycles. The number of amides is 1. The Morgan fingerprint density at radius 1 is 1.05 bits per heavy atom. The first-order valence-corrected chi connectivity index (χ1v) is 14.5. The van der Waals surface area contributed by atoms with Crippen LogP contribution in [0.3, 0.4) is 0 Å². The number of nitrogens with zero attached hydrogens (tertiary/aromatic N) is 1. The number of thiophene rings is 1. The maximum Gasteiger partial charge on any atom is 0.348 e. The Morgan fingerprint density at radius 3 is 2.30 bits per heavy atom. The van der Waals surface area contributed by atoms with Crippen LogP contribution in [0.2, 0.25) is 0 Å². The molecule has 2 aromatic rings. The highest BCUT2D eigenvalue weighted by Gasteiger charge is 2.37. The predicted molar refractivity (Wildman–Crippen MR) is 150 cm³/mol. The number of hydrogen-bond donors (Lipinski definition) is 1. The van der Waals surface area contributed by atoms with Gasteiger partial charge in [-0.1, -0.05) is 58.0 Å². The van der Waals surface area contributed by atoms with E-state index in [1.54, 1.807) is 0 Å². The fourth-order valence-corrected chi connectivity index (χ4v) is 6.51. The highest BCUT2D eigenvalue weighted by Crippen LogP contribution is 2.42. The third-order valence-corrected chi connectivity index (χ3v) is 9.35. The molecule has 0 aliphatic heterocycles. The summed E-state index contributed by atoms with van der Waals surface area (Å²) < 4.78 is 5.86. The summed E-state index contributed by atoms with van der Waals surface area (Å²) in [4.78, 5) is 29.6. The van der Waals surface area contributed by atoms with Crippen LogP contribution in [0.15, 0.2) is 48.2 Å². The average Bonchev–Trinajstić information content (AvgIpc) is 3.32. The second-order valence-electron chi connectivity index (χ2n) is 11.8. The molecule has 1 aromatic carbocycles. The summed E-state index contributed by atoms with van der Waals surface area (Å²) in [5.41, 5.74) is 2.81. The number of rotatable bonds is 7. The quantitative estimate of drug-likeness (QED) is 0.374. The van der Waals surface area contributed by atoms with Gasteiger partial charge in [0.1, 0.15) is 11.5 Å². The Bertz CT molecular complexity index is 1100. The molecule has 4 rings (SSSR count). The molecule has 0 unspecified atom stereocenters. The zero-order chi connectivity index (χ0) is 26.6. The molecule has 6 heteroatoms. The molecule has 1 heterocycles. The van der Waals surface area contributed by atoms with Crippen molar-refractivity contribution in [1.82, 2.24) is 0 Å². The number of aromatic carboxylic acids is 1. The molecule has 1 amide bonds. The van der Waals surface area contributed by atoms with Crippen molar-refractivity contribution in [3.05, 3.63) is 63.6 Å². The second kappa shape index (κ2) is 11.8. The number of benzene rings is 1. The van der Waals surface area contributed by atoms with Gasteiger partial charge >= 0.3 is 5.97 Å². The first kappa shape index (κ1) is 27.4. The number of ether oxygens (including phenoxy) is 1. The molecule has 200 valence electrons. The molecule has 1 N–H and O–H groups in total. The average molecular weight is 524 g/mol. The van der Waals surface area contributed by atoms with E-state index in [0.717, 1.165) is 61.8 Å². The number of carbonyl (C=O) groups is 2. The Labute approximate surface area is 225 Å². The number of anilines is 1. The Hall–Kier alpha value is -2.60. The van der Waals surface area contributed by atoms with Crippen LogP contribution in [0.4, 0.5) is 5.69 Å². The van der Waals surface area contributed by atoms with Gasteiger partial charge in [-0.05, 0) is 79.9 Å². The van der Waals surface area contributed by atoms with Crippen molar-refractivity contribution in [3.63, 3.8) is 0 Å².